The van der Waals surface area contributed by atoms with Crippen molar-refractivity contribution in [3.63, 3.8) is 0 Å². The van der Waals surface area contributed by atoms with Gasteiger partial charge >= 0.3 is 5.97 Å². The van der Waals surface area contributed by atoms with Crippen LogP contribution in [0.3, 0.4) is 0 Å². The van der Waals surface area contributed by atoms with Gasteiger partial charge in [0, 0.05) is 97.9 Å². The summed E-state index contributed by atoms with van der Waals surface area (Å²) in [6.45, 7) is 43.0. The molecule has 132 heavy (non-hydrogen) atoms. The molecule has 0 radical (unpaired) electrons. The summed E-state index contributed by atoms with van der Waals surface area (Å²) in [5.74, 6) is 0.836. The molecule has 752 valence electrons. The van der Waals surface area contributed by atoms with Gasteiger partial charge in [-0.05, 0) is 114 Å². The summed E-state index contributed by atoms with van der Waals surface area (Å²) in [6.07, 6.45) is 7.57. The molecule has 2 atom stereocenters. The van der Waals surface area contributed by atoms with E-state index in [4.69, 9.17) is 123 Å². The van der Waals surface area contributed by atoms with E-state index >= 15 is 0 Å². The molecular formula is C98H161N4O30+. The topological polar surface area (TPSA) is 330 Å². The van der Waals surface area contributed by atoms with Crippen molar-refractivity contribution in [2.45, 2.75) is 155 Å². The first-order valence-corrected chi connectivity index (χ1v) is 48.1. The van der Waals surface area contributed by atoms with Gasteiger partial charge in [-0.15, -0.1) is 5.06 Å². The lowest BCUT2D eigenvalue weighted by Gasteiger charge is -2.48. The number of hydroxylamine groups is 2. The lowest BCUT2D eigenvalue weighted by atomic mass is 9.77. The molecule has 34 nitrogen and oxygen atoms in total. The number of hydrogen-bond donors (Lipinski definition) is 1. The van der Waals surface area contributed by atoms with Crippen LogP contribution in [0, 0.1) is 13.8 Å². The van der Waals surface area contributed by atoms with E-state index in [0.29, 0.717) is 347 Å². The van der Waals surface area contributed by atoms with Crippen LogP contribution in [0.4, 0.5) is 5.69 Å². The van der Waals surface area contributed by atoms with E-state index in [9.17, 15) is 19.2 Å². The van der Waals surface area contributed by atoms with E-state index in [2.05, 4.69) is 113 Å². The van der Waals surface area contributed by atoms with E-state index in [0.717, 1.165) is 80.3 Å². The van der Waals surface area contributed by atoms with Gasteiger partial charge in [-0.3, -0.25) is 14.4 Å². The Morgan fingerprint density at radius 3 is 1.15 bits per heavy atom. The number of nitrogens with zero attached hydrogens (tertiary/aromatic N) is 3. The lowest BCUT2D eigenvalue weighted by Crippen LogP contribution is -2.53. The third kappa shape index (κ3) is 46.9. The number of anilines is 1. The summed E-state index contributed by atoms with van der Waals surface area (Å²) in [5, 5.41) is 5.96. The molecule has 0 bridgehead atoms. The van der Waals surface area contributed by atoms with Gasteiger partial charge in [0.2, 0.25) is 11.3 Å². The monoisotopic (exact) mass is 1870 g/mol. The second-order valence-electron chi connectivity index (χ2n) is 33.8. The first kappa shape index (κ1) is 113. The molecule has 3 aromatic rings. The van der Waals surface area contributed by atoms with Gasteiger partial charge in [-0.1, -0.05) is 44.0 Å². The minimum Gasteiger partial charge on any atom is -0.456 e. The van der Waals surface area contributed by atoms with E-state index in [1.807, 2.05) is 0 Å². The summed E-state index contributed by atoms with van der Waals surface area (Å²) in [7, 11) is 1.64. The highest BCUT2D eigenvalue weighted by Gasteiger charge is 2.42. The second-order valence-corrected chi connectivity index (χ2v) is 33.8. The largest absolute Gasteiger partial charge is 0.456 e. The van der Waals surface area contributed by atoms with Crippen molar-refractivity contribution in [3.8, 4) is 11.5 Å². The zero-order valence-corrected chi connectivity index (χ0v) is 81.1. The van der Waals surface area contributed by atoms with Crippen LogP contribution >= 0.6 is 0 Å². The highest BCUT2D eigenvalue weighted by molar-refractivity contribution is 6.01. The fraction of sp³-hybridized carbons (Fsp3) is 0.765. The zero-order chi connectivity index (χ0) is 94.0. The van der Waals surface area contributed by atoms with Gasteiger partial charge in [-0.25, -0.2) is 9.37 Å². The van der Waals surface area contributed by atoms with Crippen LogP contribution in [-0.2, 0) is 138 Å². The summed E-state index contributed by atoms with van der Waals surface area (Å²) in [5.41, 5.74) is 9.48. The number of methoxy groups -OCH3 is 1. The fourth-order valence-electron chi connectivity index (χ4n) is 15.8. The van der Waals surface area contributed by atoms with Crippen molar-refractivity contribution >= 4 is 35.0 Å². The molecule has 0 spiro atoms. The van der Waals surface area contributed by atoms with Crippen LogP contribution in [0.1, 0.15) is 164 Å². The maximum absolute atomic E-state index is 12.9. The van der Waals surface area contributed by atoms with Gasteiger partial charge in [0.15, 0.2) is 5.54 Å². The molecular weight excluding hydrogens is 1710 g/mol. The Morgan fingerprint density at radius 2 is 0.765 bits per heavy atom. The number of nitrogens with one attached hydrogen (secondary N) is 1. The number of fused-ring (bicyclic) bond motifs is 4. The molecule has 4 aliphatic rings. The number of aryl methyl sites for hydroxylation is 2. The van der Waals surface area contributed by atoms with E-state index < -0.39 is 17.8 Å². The van der Waals surface area contributed by atoms with Crippen LogP contribution in [0.2, 0.25) is 0 Å². The second kappa shape index (κ2) is 70.6. The van der Waals surface area contributed by atoms with Crippen molar-refractivity contribution in [2.75, 3.05) is 342 Å². The van der Waals surface area contributed by atoms with Gasteiger partial charge in [0.05, 0.1) is 317 Å². The molecule has 1 saturated heterocycles. The van der Waals surface area contributed by atoms with Gasteiger partial charge in [-0.2, -0.15) is 0 Å². The van der Waals surface area contributed by atoms with Gasteiger partial charge in [0.1, 0.15) is 18.0 Å². The Balaban J connectivity index is 0.571. The number of unbranched alkanes of at least 4 members (excludes halogenated alkanes) is 4. The quantitative estimate of drug-likeness (QED) is 0.0246. The van der Waals surface area contributed by atoms with Crippen molar-refractivity contribution in [3.05, 3.63) is 86.4 Å². The SMILES string of the molecule is COCCOCCOCCOCCOCCOCCOCCOCCOCCOCCOCCOCCOCCOCCOCCOCCOCCOCCOCCOCCOCCOCCOCCOCCNC(=O)CCCCC[N+]1=c2cc3c(cc2C(C)CC1(C)C)=C(c1ccc(C)cc1C)c1cc2c(cc1O3)N(CCCCCC(=O)ON1C(=O)CCC1=O)C(C)(C)CC2C. The maximum Gasteiger partial charge on any atom is 0.333 e. The van der Waals surface area contributed by atoms with Gasteiger partial charge in [0.25, 0.3) is 11.8 Å². The van der Waals surface area contributed by atoms with Crippen molar-refractivity contribution in [2.24, 2.45) is 0 Å². The minimum absolute atomic E-state index is 0.0281. The minimum atomic E-state index is -0.560. The molecule has 4 heterocycles. The Labute approximate surface area is 784 Å². The number of hydrogen-bond acceptors (Lipinski definition) is 31. The summed E-state index contributed by atoms with van der Waals surface area (Å²) >= 11 is 0. The summed E-state index contributed by atoms with van der Waals surface area (Å²) in [6, 6.07) is 16.2. The van der Waals surface area contributed by atoms with E-state index in [1.54, 1.807) is 7.11 Å². The number of amides is 3. The number of carbonyl (C=O) groups is 4. The molecule has 7 rings (SSSR count). The summed E-state index contributed by atoms with van der Waals surface area (Å²) < 4.78 is 142. The smallest absolute Gasteiger partial charge is 0.333 e. The van der Waals surface area contributed by atoms with Crippen LogP contribution in [0.15, 0.2) is 42.5 Å². The Bertz CT molecular complexity index is 3710. The lowest BCUT2D eigenvalue weighted by molar-refractivity contribution is -0.197. The normalized spacial score (nSPS) is 15.6. The van der Waals surface area contributed by atoms with E-state index in [-0.39, 0.29) is 36.2 Å². The number of rotatable bonds is 86. The van der Waals surface area contributed by atoms with Crippen molar-refractivity contribution in [1.82, 2.24) is 15.0 Å². The fourth-order valence-corrected chi connectivity index (χ4v) is 15.8. The van der Waals surface area contributed by atoms with Crippen LogP contribution in [-0.4, -0.2) is 377 Å². The third-order valence-corrected chi connectivity index (χ3v) is 22.3. The molecule has 0 saturated carbocycles. The standard InChI is InChI=1S/C98H160N4O30/c1-79-18-19-83(80(2)72-79)96-86-73-84-81(3)77-97(5,6)100(88(84)75-90(86)131-91-76-89-85(74-87(91)96)82(4)78-98(7,8)101(89)24-15-11-13-17-95(106)132-102-93(104)20-21-94(102)105)23-14-10-12-16-92(103)99-22-25-108-28-29-110-32-33-112-36-37-114-40-41-116-44-45-118-48-49-120-52-53-122-56-57-124-60-61-126-64-65-128-68-69-130-71-70-129-67-66-127-63-62-125-59-58-123-55-54-121-51-50-119-47-46-117-43-42-115-39-38-113-35-34-111-31-30-109-27-26-107-9/h18-19,72-76,81-82H,10-17,20-71,77-78H2,1-9H3/p+1. The molecule has 0 aromatic heterocycles. The molecule has 3 amide bonds. The predicted molar refractivity (Wildman–Crippen MR) is 495 cm³/mol. The first-order chi connectivity index (χ1) is 64.5. The van der Waals surface area contributed by atoms with Crippen LogP contribution < -0.4 is 30.1 Å². The molecule has 34 heteroatoms. The summed E-state index contributed by atoms with van der Waals surface area (Å²) in [4.78, 5) is 57.3. The van der Waals surface area contributed by atoms with Crippen molar-refractivity contribution in [1.29, 1.82) is 0 Å². The zero-order valence-electron chi connectivity index (χ0n) is 81.1. The number of carbonyl (C=O) groups excluding carboxylic acids is 4. The molecule has 0 aliphatic carbocycles. The van der Waals surface area contributed by atoms with E-state index in [1.165, 1.54) is 44.4 Å². The molecule has 3 aromatic carbocycles. The molecule has 4 aliphatic heterocycles. The average molecular weight is 1880 g/mol. The first-order valence-electron chi connectivity index (χ1n) is 48.1. The Kier molecular flexibility index (Phi) is 60.5. The molecule has 1 fully saturated rings. The molecule has 2 unspecified atom stereocenters. The maximum atomic E-state index is 12.9. The average Bonchev–Trinajstić information content (AvgIpc) is 0.760. The number of ether oxygens (including phenoxy) is 25. The Hall–Kier alpha value is -5.95. The van der Waals surface area contributed by atoms with Gasteiger partial charge < -0.3 is 133 Å². The van der Waals surface area contributed by atoms with Crippen LogP contribution in [0.25, 0.3) is 5.57 Å². The number of benzene rings is 3. The number of imide groups is 1. The molecule has 1 N–H and O–H groups in total. The highest BCUT2D eigenvalue weighted by Crippen LogP contribution is 2.49. The van der Waals surface area contributed by atoms with Crippen molar-refractivity contribution < 1.29 is 142 Å². The Morgan fingerprint density at radius 1 is 0.402 bits per heavy atom. The third-order valence-electron chi connectivity index (χ3n) is 22.3. The predicted octanol–water partition coefficient (Wildman–Crippen LogP) is 8.40. The highest BCUT2D eigenvalue weighted by atomic mass is 16.7. The van der Waals surface area contributed by atoms with Crippen LogP contribution in [0.5, 0.6) is 11.5 Å².